The first-order chi connectivity index (χ1) is 5.79. The number of aliphatic carboxylic acids is 1. The highest BCUT2D eigenvalue weighted by atomic mass is 16.5. The molecule has 0 bridgehead atoms. The van der Waals surface area contributed by atoms with Crippen LogP contribution in [0, 0.1) is 0 Å². The predicted molar refractivity (Wildman–Crippen MR) is 38.3 cm³/mol. The molecule has 0 amide bonds. The van der Waals surface area contributed by atoms with Gasteiger partial charge < -0.3 is 14.9 Å². The highest BCUT2D eigenvalue weighted by Crippen LogP contribution is 1.86. The number of aromatic nitrogens is 2. The molecule has 0 aliphatic carbocycles. The van der Waals surface area contributed by atoms with E-state index < -0.39 is 5.97 Å². The lowest BCUT2D eigenvalue weighted by Crippen LogP contribution is -2.18. The van der Waals surface area contributed by atoms with Gasteiger partial charge in [-0.05, 0) is 0 Å². The Bertz CT molecular complexity index is 234. The lowest BCUT2D eigenvalue weighted by Gasteiger charge is -1.96. The fourth-order valence-electron chi connectivity index (χ4n) is 0.666. The van der Waals surface area contributed by atoms with Gasteiger partial charge >= 0.3 is 5.97 Å². The Labute approximate surface area is 68.6 Å². The first kappa shape index (κ1) is 8.66. The van der Waals surface area contributed by atoms with Crippen LogP contribution in [0.5, 0.6) is 0 Å². The van der Waals surface area contributed by atoms with E-state index in [1.165, 1.54) is 6.39 Å². The number of carboxylic acids is 1. The minimum atomic E-state index is -0.824. The van der Waals surface area contributed by atoms with Crippen LogP contribution in [-0.4, -0.2) is 27.8 Å². The standard InChI is InChI=1S/C6H9N3O3/c10-6(11)1-2-7-3-5-8-4-12-9-5/h4,7H,1-3H2,(H,10,11). The molecule has 1 aromatic rings. The summed E-state index contributed by atoms with van der Waals surface area (Å²) in [6, 6.07) is 0. The zero-order valence-electron chi connectivity index (χ0n) is 6.36. The molecular weight excluding hydrogens is 162 g/mol. The second-order valence-electron chi connectivity index (χ2n) is 2.17. The van der Waals surface area contributed by atoms with Crippen LogP contribution in [0.25, 0.3) is 0 Å². The molecule has 0 saturated carbocycles. The smallest absolute Gasteiger partial charge is 0.304 e. The highest BCUT2D eigenvalue weighted by Gasteiger charge is 1.98. The molecule has 0 aliphatic rings. The van der Waals surface area contributed by atoms with Crippen LogP contribution >= 0.6 is 0 Å². The third kappa shape index (κ3) is 3.11. The van der Waals surface area contributed by atoms with Gasteiger partial charge in [0.25, 0.3) is 0 Å². The van der Waals surface area contributed by atoms with Crippen molar-refractivity contribution in [3.63, 3.8) is 0 Å². The largest absolute Gasteiger partial charge is 0.481 e. The van der Waals surface area contributed by atoms with Crippen LogP contribution in [0.4, 0.5) is 0 Å². The van der Waals surface area contributed by atoms with E-state index in [4.69, 9.17) is 5.11 Å². The second-order valence-corrected chi connectivity index (χ2v) is 2.17. The van der Waals surface area contributed by atoms with Crippen molar-refractivity contribution in [2.24, 2.45) is 0 Å². The molecule has 0 radical (unpaired) electrons. The molecule has 0 atom stereocenters. The third-order valence-corrected chi connectivity index (χ3v) is 1.21. The number of carboxylic acid groups (broad SMARTS) is 1. The molecule has 6 heteroatoms. The fraction of sp³-hybridized carbons (Fsp3) is 0.500. The van der Waals surface area contributed by atoms with E-state index in [0.29, 0.717) is 18.9 Å². The van der Waals surface area contributed by atoms with Gasteiger partial charge in [0.05, 0.1) is 13.0 Å². The molecule has 66 valence electrons. The Hall–Kier alpha value is -1.43. The molecule has 1 aromatic heterocycles. The van der Waals surface area contributed by atoms with Crippen molar-refractivity contribution in [1.82, 2.24) is 15.5 Å². The Balaban J connectivity index is 2.07. The molecule has 0 saturated heterocycles. The Morgan fingerprint density at radius 3 is 3.17 bits per heavy atom. The van der Waals surface area contributed by atoms with Crippen LogP contribution in [0.2, 0.25) is 0 Å². The highest BCUT2D eigenvalue weighted by molar-refractivity contribution is 5.66. The molecule has 0 aliphatic heterocycles. The number of rotatable bonds is 5. The Morgan fingerprint density at radius 1 is 1.75 bits per heavy atom. The van der Waals surface area contributed by atoms with Gasteiger partial charge in [0.15, 0.2) is 5.82 Å². The summed E-state index contributed by atoms with van der Waals surface area (Å²) in [5.74, 6) is -0.295. The topological polar surface area (TPSA) is 88.2 Å². The van der Waals surface area contributed by atoms with Gasteiger partial charge in [0.1, 0.15) is 0 Å². The van der Waals surface area contributed by atoms with E-state index in [1.54, 1.807) is 0 Å². The zero-order chi connectivity index (χ0) is 8.81. The molecule has 2 N–H and O–H groups in total. The van der Waals surface area contributed by atoms with E-state index in [1.807, 2.05) is 0 Å². The Morgan fingerprint density at radius 2 is 2.58 bits per heavy atom. The van der Waals surface area contributed by atoms with Crippen molar-refractivity contribution in [2.75, 3.05) is 6.54 Å². The van der Waals surface area contributed by atoms with E-state index >= 15 is 0 Å². The van der Waals surface area contributed by atoms with Gasteiger partial charge in [-0.15, -0.1) is 0 Å². The van der Waals surface area contributed by atoms with Gasteiger partial charge in [0, 0.05) is 6.54 Å². The van der Waals surface area contributed by atoms with E-state index in [0.717, 1.165) is 0 Å². The lowest BCUT2D eigenvalue weighted by molar-refractivity contribution is -0.136. The molecule has 0 aromatic carbocycles. The molecule has 1 rings (SSSR count). The van der Waals surface area contributed by atoms with Gasteiger partial charge in [-0.2, -0.15) is 4.98 Å². The van der Waals surface area contributed by atoms with Gasteiger partial charge in [-0.1, -0.05) is 5.16 Å². The quantitative estimate of drug-likeness (QED) is 0.588. The SMILES string of the molecule is O=C(O)CCNCc1ncon1. The van der Waals surface area contributed by atoms with Crippen molar-refractivity contribution in [2.45, 2.75) is 13.0 Å². The number of hydrogen-bond acceptors (Lipinski definition) is 5. The van der Waals surface area contributed by atoms with Gasteiger partial charge in [0.2, 0.25) is 6.39 Å². The first-order valence-corrected chi connectivity index (χ1v) is 3.47. The molecule has 1 heterocycles. The van der Waals surface area contributed by atoms with Gasteiger partial charge in [-0.3, -0.25) is 4.79 Å². The number of carbonyl (C=O) groups is 1. The summed E-state index contributed by atoms with van der Waals surface area (Å²) in [4.78, 5) is 13.8. The van der Waals surface area contributed by atoms with Crippen molar-refractivity contribution in [3.8, 4) is 0 Å². The van der Waals surface area contributed by atoms with Crippen molar-refractivity contribution in [1.29, 1.82) is 0 Å². The maximum absolute atomic E-state index is 10.1. The van der Waals surface area contributed by atoms with Crippen LogP contribution in [0.1, 0.15) is 12.2 Å². The molecule has 0 spiro atoms. The minimum Gasteiger partial charge on any atom is -0.481 e. The first-order valence-electron chi connectivity index (χ1n) is 3.47. The molecule has 0 fully saturated rings. The molecular formula is C6H9N3O3. The summed E-state index contributed by atoms with van der Waals surface area (Å²) < 4.78 is 4.48. The van der Waals surface area contributed by atoms with Crippen molar-refractivity contribution in [3.05, 3.63) is 12.2 Å². The summed E-state index contributed by atoms with van der Waals surface area (Å²) in [5, 5.41) is 14.7. The van der Waals surface area contributed by atoms with E-state index in [9.17, 15) is 4.79 Å². The number of nitrogens with zero attached hydrogens (tertiary/aromatic N) is 2. The maximum Gasteiger partial charge on any atom is 0.304 e. The van der Waals surface area contributed by atoms with Crippen LogP contribution in [-0.2, 0) is 11.3 Å². The number of hydrogen-bond donors (Lipinski definition) is 2. The monoisotopic (exact) mass is 171 g/mol. The lowest BCUT2D eigenvalue weighted by atomic mass is 10.4. The molecule has 6 nitrogen and oxygen atoms in total. The van der Waals surface area contributed by atoms with Crippen LogP contribution in [0.3, 0.4) is 0 Å². The van der Waals surface area contributed by atoms with Crippen LogP contribution < -0.4 is 5.32 Å². The van der Waals surface area contributed by atoms with E-state index in [2.05, 4.69) is 20.0 Å². The zero-order valence-corrected chi connectivity index (χ0v) is 6.36. The fourth-order valence-corrected chi connectivity index (χ4v) is 0.666. The molecule has 0 unspecified atom stereocenters. The predicted octanol–water partition coefficient (Wildman–Crippen LogP) is -0.366. The summed E-state index contributed by atoms with van der Waals surface area (Å²) >= 11 is 0. The van der Waals surface area contributed by atoms with E-state index in [-0.39, 0.29) is 6.42 Å². The Kier molecular flexibility index (Phi) is 3.21. The summed E-state index contributed by atoms with van der Waals surface area (Å²) in [6.45, 7) is 0.841. The molecule has 12 heavy (non-hydrogen) atoms. The average Bonchev–Trinajstić information content (AvgIpc) is 2.49. The third-order valence-electron chi connectivity index (χ3n) is 1.21. The van der Waals surface area contributed by atoms with Crippen molar-refractivity contribution >= 4 is 5.97 Å². The normalized spacial score (nSPS) is 10.0. The summed E-state index contributed by atoms with van der Waals surface area (Å²) in [6.07, 6.45) is 1.33. The van der Waals surface area contributed by atoms with Gasteiger partial charge in [-0.25, -0.2) is 0 Å². The average molecular weight is 171 g/mol. The minimum absolute atomic E-state index is 0.0951. The maximum atomic E-state index is 10.1. The second kappa shape index (κ2) is 4.45. The number of nitrogens with one attached hydrogen (secondary N) is 1. The summed E-state index contributed by atoms with van der Waals surface area (Å²) in [7, 11) is 0. The van der Waals surface area contributed by atoms with Crippen LogP contribution in [0.15, 0.2) is 10.9 Å². The van der Waals surface area contributed by atoms with Crippen molar-refractivity contribution < 1.29 is 14.4 Å². The summed E-state index contributed by atoms with van der Waals surface area (Å²) in [5.41, 5.74) is 0.